The van der Waals surface area contributed by atoms with Crippen molar-refractivity contribution in [3.05, 3.63) is 111 Å². The van der Waals surface area contributed by atoms with Crippen molar-refractivity contribution in [3.8, 4) is 0 Å². The van der Waals surface area contributed by atoms with Crippen molar-refractivity contribution in [2.24, 2.45) is 4.99 Å². The molecule has 0 spiro atoms. The molecule has 0 bridgehead atoms. The van der Waals surface area contributed by atoms with Crippen LogP contribution in [0, 0.1) is 22.9 Å². The highest BCUT2D eigenvalue weighted by Gasteiger charge is 2.33. The van der Waals surface area contributed by atoms with Gasteiger partial charge in [0, 0.05) is 11.6 Å². The van der Waals surface area contributed by atoms with Crippen molar-refractivity contribution in [3.63, 3.8) is 0 Å². The minimum atomic E-state index is -0.505. The summed E-state index contributed by atoms with van der Waals surface area (Å²) in [4.78, 5) is 29.9. The summed E-state index contributed by atoms with van der Waals surface area (Å²) in [5, 5.41) is 11.3. The van der Waals surface area contributed by atoms with E-state index in [1.54, 1.807) is 18.2 Å². The fraction of sp³-hybridized carbons (Fsp3) is 0.0435. The lowest BCUT2D eigenvalue weighted by molar-refractivity contribution is -0.385. The summed E-state index contributed by atoms with van der Waals surface area (Å²) < 4.78 is 13.4. The van der Waals surface area contributed by atoms with Gasteiger partial charge in [-0.15, -0.1) is 0 Å². The van der Waals surface area contributed by atoms with E-state index < -0.39 is 16.6 Å². The maximum atomic E-state index is 13.4. The second kappa shape index (κ2) is 7.71. The third kappa shape index (κ3) is 3.60. The number of aryl methyl sites for hydroxylation is 1. The molecule has 4 rings (SSSR count). The van der Waals surface area contributed by atoms with Gasteiger partial charge in [-0.3, -0.25) is 19.8 Å². The molecule has 3 aromatic carbocycles. The van der Waals surface area contributed by atoms with Crippen molar-refractivity contribution >= 4 is 29.2 Å². The predicted octanol–water partition coefficient (Wildman–Crippen LogP) is 4.88. The van der Waals surface area contributed by atoms with Crippen LogP contribution in [0.25, 0.3) is 6.08 Å². The smallest absolute Gasteiger partial charge is 0.266 e. The van der Waals surface area contributed by atoms with Gasteiger partial charge in [0.15, 0.2) is 0 Å². The van der Waals surface area contributed by atoms with Crippen LogP contribution in [0.5, 0.6) is 0 Å². The number of carbonyl (C=O) groups excluding carboxylic acids is 1. The summed E-state index contributed by atoms with van der Waals surface area (Å²) in [5.41, 5.74) is 2.36. The molecule has 7 heteroatoms. The number of benzene rings is 3. The Bertz CT molecular complexity index is 1220. The summed E-state index contributed by atoms with van der Waals surface area (Å²) in [6.07, 6.45) is 1.40. The Morgan fingerprint density at radius 1 is 1.03 bits per heavy atom. The number of aliphatic imine (C=N–C) groups is 1. The molecular weight excluding hydrogens is 385 g/mol. The number of hydrogen-bond acceptors (Lipinski definition) is 4. The van der Waals surface area contributed by atoms with Crippen LogP contribution in [0.15, 0.2) is 83.5 Å². The standard InChI is InChI=1S/C23H16FN3O3/c1-15-5-4-7-17(13-15)22-25-20(14-16-6-2-3-8-21(16)27(29)30)23(28)26(22)19-11-9-18(24)10-12-19/h2-14H,1H3. The Morgan fingerprint density at radius 3 is 2.47 bits per heavy atom. The SMILES string of the molecule is Cc1cccc(C2=NC(=Cc3ccccc3[N+](=O)[O-])C(=O)N2c2ccc(F)cc2)c1. The van der Waals surface area contributed by atoms with Crippen molar-refractivity contribution in [2.45, 2.75) is 6.92 Å². The summed E-state index contributed by atoms with van der Waals surface area (Å²) in [6, 6.07) is 19.1. The van der Waals surface area contributed by atoms with E-state index in [1.807, 2.05) is 31.2 Å². The minimum Gasteiger partial charge on any atom is -0.266 e. The van der Waals surface area contributed by atoms with Crippen LogP contribution in [0.2, 0.25) is 0 Å². The Labute approximate surface area is 171 Å². The molecule has 1 amide bonds. The molecule has 0 fully saturated rings. The number of para-hydroxylation sites is 1. The van der Waals surface area contributed by atoms with Crippen LogP contribution in [0.1, 0.15) is 16.7 Å². The summed E-state index contributed by atoms with van der Waals surface area (Å²) in [7, 11) is 0. The van der Waals surface area contributed by atoms with Crippen LogP contribution < -0.4 is 4.90 Å². The van der Waals surface area contributed by atoms with E-state index in [0.29, 0.717) is 17.1 Å². The zero-order valence-corrected chi connectivity index (χ0v) is 15.9. The maximum Gasteiger partial charge on any atom is 0.282 e. The van der Waals surface area contributed by atoms with Gasteiger partial charge in [0.05, 0.1) is 16.2 Å². The van der Waals surface area contributed by atoms with E-state index in [-0.39, 0.29) is 16.9 Å². The third-order valence-corrected chi connectivity index (χ3v) is 4.65. The van der Waals surface area contributed by atoms with E-state index in [0.717, 1.165) is 5.56 Å². The molecule has 0 unspecified atom stereocenters. The van der Waals surface area contributed by atoms with Crippen LogP contribution in [0.4, 0.5) is 15.8 Å². The second-order valence-electron chi connectivity index (χ2n) is 6.77. The van der Waals surface area contributed by atoms with Crippen LogP contribution in [-0.2, 0) is 4.79 Å². The molecule has 0 aromatic heterocycles. The van der Waals surface area contributed by atoms with Gasteiger partial charge >= 0.3 is 0 Å². The molecule has 1 aliphatic heterocycles. The number of hydrogen-bond donors (Lipinski definition) is 0. The van der Waals surface area contributed by atoms with Gasteiger partial charge in [-0.05, 0) is 49.4 Å². The summed E-state index contributed by atoms with van der Waals surface area (Å²) in [6.45, 7) is 1.92. The zero-order valence-electron chi connectivity index (χ0n) is 15.9. The molecule has 0 radical (unpaired) electrons. The van der Waals surface area contributed by atoms with Gasteiger partial charge in [-0.1, -0.05) is 35.9 Å². The van der Waals surface area contributed by atoms with Crippen LogP contribution in [0.3, 0.4) is 0 Å². The van der Waals surface area contributed by atoms with Gasteiger partial charge in [0.25, 0.3) is 11.6 Å². The lowest BCUT2D eigenvalue weighted by atomic mass is 10.1. The second-order valence-corrected chi connectivity index (χ2v) is 6.77. The quantitative estimate of drug-likeness (QED) is 0.355. The maximum absolute atomic E-state index is 13.4. The molecule has 1 aliphatic rings. The number of carbonyl (C=O) groups is 1. The molecule has 0 saturated heterocycles. The van der Waals surface area contributed by atoms with E-state index >= 15 is 0 Å². The number of amides is 1. The van der Waals surface area contributed by atoms with Gasteiger partial charge in [0.1, 0.15) is 17.3 Å². The number of amidine groups is 1. The fourth-order valence-corrected chi connectivity index (χ4v) is 3.25. The predicted molar refractivity (Wildman–Crippen MR) is 113 cm³/mol. The van der Waals surface area contributed by atoms with E-state index in [4.69, 9.17) is 0 Å². The normalized spacial score (nSPS) is 14.9. The number of nitro benzene ring substituents is 1. The first kappa shape index (κ1) is 19.2. The average Bonchev–Trinajstić information content (AvgIpc) is 3.05. The van der Waals surface area contributed by atoms with Crippen molar-refractivity contribution in [1.29, 1.82) is 0 Å². The van der Waals surface area contributed by atoms with Crippen molar-refractivity contribution in [1.82, 2.24) is 0 Å². The van der Waals surface area contributed by atoms with Crippen LogP contribution >= 0.6 is 0 Å². The van der Waals surface area contributed by atoms with E-state index in [2.05, 4.69) is 4.99 Å². The van der Waals surface area contributed by atoms with E-state index in [9.17, 15) is 19.3 Å². The average molecular weight is 401 g/mol. The van der Waals surface area contributed by atoms with Crippen LogP contribution in [-0.4, -0.2) is 16.7 Å². The van der Waals surface area contributed by atoms with E-state index in [1.165, 1.54) is 41.3 Å². The molecule has 3 aromatic rings. The topological polar surface area (TPSA) is 75.8 Å². The molecule has 1 heterocycles. The Kier molecular flexibility index (Phi) is 4.93. The van der Waals surface area contributed by atoms with Gasteiger partial charge < -0.3 is 0 Å². The van der Waals surface area contributed by atoms with Gasteiger partial charge in [-0.2, -0.15) is 0 Å². The Hall–Kier alpha value is -4.13. The number of rotatable bonds is 4. The lowest BCUT2D eigenvalue weighted by Crippen LogP contribution is -2.32. The number of halogens is 1. The molecule has 148 valence electrons. The first-order chi connectivity index (χ1) is 14.4. The molecule has 0 aliphatic carbocycles. The molecule has 0 N–H and O–H groups in total. The summed E-state index contributed by atoms with van der Waals surface area (Å²) >= 11 is 0. The molecule has 30 heavy (non-hydrogen) atoms. The lowest BCUT2D eigenvalue weighted by Gasteiger charge is -2.18. The molecule has 6 nitrogen and oxygen atoms in total. The Morgan fingerprint density at radius 2 is 1.77 bits per heavy atom. The highest BCUT2D eigenvalue weighted by molar-refractivity contribution is 6.33. The first-order valence-electron chi connectivity index (χ1n) is 9.15. The summed E-state index contributed by atoms with van der Waals surface area (Å²) in [5.74, 6) is -0.494. The largest absolute Gasteiger partial charge is 0.282 e. The number of nitrogens with zero attached hydrogens (tertiary/aromatic N) is 3. The van der Waals surface area contributed by atoms with Crippen molar-refractivity contribution < 1.29 is 14.1 Å². The highest BCUT2D eigenvalue weighted by Crippen LogP contribution is 2.30. The zero-order chi connectivity index (χ0) is 21.3. The fourth-order valence-electron chi connectivity index (χ4n) is 3.25. The highest BCUT2D eigenvalue weighted by atomic mass is 19.1. The van der Waals surface area contributed by atoms with Gasteiger partial charge in [0.2, 0.25) is 0 Å². The monoisotopic (exact) mass is 401 g/mol. The minimum absolute atomic E-state index is 0.0603. The number of anilines is 1. The first-order valence-corrected chi connectivity index (χ1v) is 9.15. The van der Waals surface area contributed by atoms with Crippen molar-refractivity contribution in [2.75, 3.05) is 4.90 Å². The molecule has 0 saturated carbocycles. The van der Waals surface area contributed by atoms with Gasteiger partial charge in [-0.25, -0.2) is 9.38 Å². The third-order valence-electron chi connectivity index (χ3n) is 4.65. The molecule has 0 atom stereocenters. The number of nitro groups is 1. The Balaban J connectivity index is 1.86. The molecular formula is C23H16FN3O3.